The van der Waals surface area contributed by atoms with Gasteiger partial charge in [0.15, 0.2) is 0 Å². The molecule has 3 rings (SSSR count). The van der Waals surface area contributed by atoms with E-state index >= 15 is 0 Å². The average molecular weight is 387 g/mol. The highest BCUT2D eigenvalue weighted by molar-refractivity contribution is 7.62. The standard InChI is InChI=1S/C20H22NO5P/c1-27(2,25)13-21(11-19(22)23)20(24)26-12-18-16-9-5-3-7-14(16)15-8-4-6-10-17(15)18/h3-10,18H,11-13H2,1-2H3,(H,22,23). The Bertz CT molecular complexity index is 875. The first-order valence-corrected chi connectivity index (χ1v) is 11.4. The lowest BCUT2D eigenvalue weighted by molar-refractivity contribution is -0.137. The second kappa shape index (κ2) is 7.57. The van der Waals surface area contributed by atoms with Gasteiger partial charge in [-0.05, 0) is 35.6 Å². The largest absolute Gasteiger partial charge is 0.480 e. The zero-order valence-corrected chi connectivity index (χ0v) is 16.2. The molecular formula is C20H22NO5P. The van der Waals surface area contributed by atoms with E-state index in [2.05, 4.69) is 0 Å². The van der Waals surface area contributed by atoms with Crippen LogP contribution in [-0.2, 0) is 14.1 Å². The Labute approximate surface area is 158 Å². The van der Waals surface area contributed by atoms with Crippen molar-refractivity contribution in [2.75, 3.05) is 32.8 Å². The van der Waals surface area contributed by atoms with Gasteiger partial charge in [-0.3, -0.25) is 9.69 Å². The van der Waals surface area contributed by atoms with Crippen LogP contribution in [0.5, 0.6) is 0 Å². The van der Waals surface area contributed by atoms with Crippen molar-refractivity contribution in [1.29, 1.82) is 0 Å². The minimum absolute atomic E-state index is 0.0979. The van der Waals surface area contributed by atoms with Crippen LogP contribution in [0.4, 0.5) is 4.79 Å². The molecule has 0 atom stereocenters. The van der Waals surface area contributed by atoms with Crippen molar-refractivity contribution in [1.82, 2.24) is 4.90 Å². The number of carbonyl (C=O) groups excluding carboxylic acids is 1. The Morgan fingerprint density at radius 3 is 2.04 bits per heavy atom. The van der Waals surface area contributed by atoms with E-state index < -0.39 is 25.7 Å². The number of rotatable bonds is 6. The Morgan fingerprint density at radius 2 is 1.56 bits per heavy atom. The van der Waals surface area contributed by atoms with E-state index in [1.165, 1.54) is 13.3 Å². The van der Waals surface area contributed by atoms with E-state index in [0.29, 0.717) is 0 Å². The van der Waals surface area contributed by atoms with Gasteiger partial charge in [-0.1, -0.05) is 48.5 Å². The minimum atomic E-state index is -2.63. The van der Waals surface area contributed by atoms with Crippen LogP contribution in [0.1, 0.15) is 17.0 Å². The summed E-state index contributed by atoms with van der Waals surface area (Å²) in [4.78, 5) is 24.5. The highest BCUT2D eigenvalue weighted by atomic mass is 31.2. The number of nitrogens with zero attached hydrogens (tertiary/aromatic N) is 1. The van der Waals surface area contributed by atoms with Crippen LogP contribution in [0.15, 0.2) is 48.5 Å². The first-order chi connectivity index (χ1) is 12.8. The Kier molecular flexibility index (Phi) is 5.38. The molecule has 1 aliphatic rings. The molecule has 27 heavy (non-hydrogen) atoms. The van der Waals surface area contributed by atoms with Gasteiger partial charge in [0.2, 0.25) is 0 Å². The highest BCUT2D eigenvalue weighted by Gasteiger charge is 2.30. The molecule has 1 amide bonds. The molecule has 142 valence electrons. The zero-order valence-electron chi connectivity index (χ0n) is 15.3. The molecule has 6 nitrogen and oxygen atoms in total. The molecule has 0 radical (unpaired) electrons. The summed E-state index contributed by atoms with van der Waals surface area (Å²) >= 11 is 0. The number of carbonyl (C=O) groups is 2. The predicted molar refractivity (Wildman–Crippen MR) is 104 cm³/mol. The fraction of sp³-hybridized carbons (Fsp3) is 0.300. The van der Waals surface area contributed by atoms with Crippen molar-refractivity contribution in [2.24, 2.45) is 0 Å². The van der Waals surface area contributed by atoms with Gasteiger partial charge in [0.05, 0.1) is 6.29 Å². The van der Waals surface area contributed by atoms with Crippen molar-refractivity contribution in [3.05, 3.63) is 59.7 Å². The van der Waals surface area contributed by atoms with Gasteiger partial charge in [-0.15, -0.1) is 0 Å². The molecule has 0 fully saturated rings. The maximum Gasteiger partial charge on any atom is 0.410 e. The number of carboxylic acid groups (broad SMARTS) is 1. The molecule has 7 heteroatoms. The van der Waals surface area contributed by atoms with E-state index in [-0.39, 0.29) is 18.8 Å². The maximum absolute atomic E-state index is 12.5. The van der Waals surface area contributed by atoms with Crippen molar-refractivity contribution < 1.29 is 24.0 Å². The molecule has 0 saturated carbocycles. The fourth-order valence-electron chi connectivity index (χ4n) is 3.43. The maximum atomic E-state index is 12.5. The van der Waals surface area contributed by atoms with Crippen LogP contribution < -0.4 is 0 Å². The lowest BCUT2D eigenvalue weighted by atomic mass is 9.98. The molecule has 0 saturated heterocycles. The second-order valence-electron chi connectivity index (χ2n) is 7.11. The number of hydrogen-bond acceptors (Lipinski definition) is 4. The summed E-state index contributed by atoms with van der Waals surface area (Å²) in [6.07, 6.45) is -0.890. The summed E-state index contributed by atoms with van der Waals surface area (Å²) in [5.41, 5.74) is 4.38. The van der Waals surface area contributed by atoms with E-state index in [1.54, 1.807) is 0 Å². The topological polar surface area (TPSA) is 83.9 Å². The predicted octanol–water partition coefficient (Wildman–Crippen LogP) is 3.90. The van der Waals surface area contributed by atoms with Crippen LogP contribution in [-0.4, -0.2) is 54.8 Å². The van der Waals surface area contributed by atoms with Crippen LogP contribution >= 0.6 is 7.14 Å². The van der Waals surface area contributed by atoms with Gasteiger partial charge in [0.1, 0.15) is 20.3 Å². The van der Waals surface area contributed by atoms with Gasteiger partial charge >= 0.3 is 12.1 Å². The first-order valence-electron chi connectivity index (χ1n) is 8.62. The summed E-state index contributed by atoms with van der Waals surface area (Å²) in [6.45, 7) is 2.58. The molecule has 2 aromatic carbocycles. The Hall–Kier alpha value is -2.59. The van der Waals surface area contributed by atoms with E-state index in [4.69, 9.17) is 9.84 Å². The zero-order chi connectivity index (χ0) is 19.6. The quantitative estimate of drug-likeness (QED) is 0.760. The van der Waals surface area contributed by atoms with Crippen molar-refractivity contribution in [2.45, 2.75) is 5.92 Å². The van der Waals surface area contributed by atoms with Crippen LogP contribution in [0, 0.1) is 0 Å². The number of amides is 1. The second-order valence-corrected chi connectivity index (χ2v) is 10.5. The van der Waals surface area contributed by atoms with E-state index in [1.807, 2.05) is 48.5 Å². The number of hydrogen-bond donors (Lipinski definition) is 1. The summed E-state index contributed by atoms with van der Waals surface area (Å²) in [7, 11) is -2.63. The summed E-state index contributed by atoms with van der Waals surface area (Å²) in [6, 6.07) is 15.9. The van der Waals surface area contributed by atoms with Gasteiger partial charge in [-0.25, -0.2) is 4.79 Å². The van der Waals surface area contributed by atoms with Crippen LogP contribution in [0.2, 0.25) is 0 Å². The molecule has 1 N–H and O–H groups in total. The monoisotopic (exact) mass is 387 g/mol. The Morgan fingerprint density at radius 1 is 1.04 bits per heavy atom. The van der Waals surface area contributed by atoms with Crippen LogP contribution in [0.3, 0.4) is 0 Å². The van der Waals surface area contributed by atoms with Crippen molar-refractivity contribution >= 4 is 19.2 Å². The summed E-state index contributed by atoms with van der Waals surface area (Å²) < 4.78 is 17.5. The van der Waals surface area contributed by atoms with Gasteiger partial charge in [0, 0.05) is 5.92 Å². The fourth-order valence-corrected chi connectivity index (χ4v) is 4.47. The first kappa shape index (κ1) is 19.2. The molecule has 0 unspecified atom stereocenters. The molecule has 1 aliphatic carbocycles. The third kappa shape index (κ3) is 4.40. The van der Waals surface area contributed by atoms with Crippen molar-refractivity contribution in [3.8, 4) is 11.1 Å². The van der Waals surface area contributed by atoms with E-state index in [0.717, 1.165) is 27.2 Å². The van der Waals surface area contributed by atoms with Gasteiger partial charge < -0.3 is 14.4 Å². The molecule has 0 spiro atoms. The lowest BCUT2D eigenvalue weighted by Crippen LogP contribution is -2.37. The molecule has 2 aromatic rings. The number of benzene rings is 2. The number of ether oxygens (including phenoxy) is 1. The molecular weight excluding hydrogens is 365 g/mol. The summed E-state index contributed by atoms with van der Waals surface area (Å²) in [5.74, 6) is -1.28. The van der Waals surface area contributed by atoms with E-state index in [9.17, 15) is 14.2 Å². The lowest BCUT2D eigenvalue weighted by Gasteiger charge is -2.23. The van der Waals surface area contributed by atoms with Gasteiger partial charge in [0.25, 0.3) is 0 Å². The normalized spacial score (nSPS) is 13.0. The SMILES string of the molecule is CP(C)(=O)CN(CC(=O)O)C(=O)OCC1c2ccccc2-c2ccccc21. The Balaban J connectivity index is 1.78. The summed E-state index contributed by atoms with van der Waals surface area (Å²) in [5, 5.41) is 9.03. The third-order valence-electron chi connectivity index (χ3n) is 4.43. The number of aliphatic carboxylic acids is 1. The van der Waals surface area contributed by atoms with Gasteiger partial charge in [-0.2, -0.15) is 0 Å². The third-order valence-corrected chi connectivity index (χ3v) is 5.45. The molecule has 0 bridgehead atoms. The average Bonchev–Trinajstić information content (AvgIpc) is 2.91. The number of fused-ring (bicyclic) bond motifs is 3. The molecule has 0 aromatic heterocycles. The molecule has 0 aliphatic heterocycles. The van der Waals surface area contributed by atoms with Crippen LogP contribution in [0.25, 0.3) is 11.1 Å². The highest BCUT2D eigenvalue weighted by Crippen LogP contribution is 2.44. The van der Waals surface area contributed by atoms with Crippen molar-refractivity contribution in [3.63, 3.8) is 0 Å². The minimum Gasteiger partial charge on any atom is -0.480 e. The smallest absolute Gasteiger partial charge is 0.410 e. The number of carboxylic acids is 1. The molecule has 0 heterocycles.